The van der Waals surface area contributed by atoms with Crippen LogP contribution in [-0.2, 0) is 10.5 Å². The first-order chi connectivity index (χ1) is 12.2. The van der Waals surface area contributed by atoms with Gasteiger partial charge in [0, 0.05) is 11.3 Å². The fraction of sp³-hybridized carbons (Fsp3) is 0.105. The Hall–Kier alpha value is -3.04. The number of carbonyl (C=O) groups is 1. The van der Waals surface area contributed by atoms with Crippen LogP contribution < -0.4 is 0 Å². The van der Waals surface area contributed by atoms with Gasteiger partial charge in [-0.2, -0.15) is 5.26 Å². The minimum Gasteiger partial charge on any atom is -0.464 e. The number of oxazole rings is 1. The number of thioether (sulfide) groups is 1. The lowest BCUT2D eigenvalue weighted by Crippen LogP contribution is -2.03. The predicted octanol–water partition coefficient (Wildman–Crippen LogP) is 4.29. The van der Waals surface area contributed by atoms with Gasteiger partial charge in [0.25, 0.3) is 0 Å². The van der Waals surface area contributed by atoms with Crippen molar-refractivity contribution in [1.29, 1.82) is 5.26 Å². The summed E-state index contributed by atoms with van der Waals surface area (Å²) in [7, 11) is 1.31. The number of nitrogens with zero attached hydrogens (tertiary/aromatic N) is 2. The number of hydrogen-bond donors (Lipinski definition) is 0. The Morgan fingerprint density at radius 2 is 2.04 bits per heavy atom. The summed E-state index contributed by atoms with van der Waals surface area (Å²) in [6.45, 7) is 0. The summed E-state index contributed by atoms with van der Waals surface area (Å²) in [5.74, 6) is 0.372. The van der Waals surface area contributed by atoms with Gasteiger partial charge in [0.05, 0.1) is 18.7 Å². The minimum absolute atomic E-state index is 0.155. The second-order valence-corrected chi connectivity index (χ2v) is 6.06. The first-order valence-corrected chi connectivity index (χ1v) is 8.46. The van der Waals surface area contributed by atoms with Gasteiger partial charge in [0.15, 0.2) is 5.09 Å². The number of ether oxygens (including phenoxy) is 1. The standard InChI is InChI=1S/C19H14N2O3S/c1-23-18(22)16-19(24-17(21-16)15-8-3-2-4-9-15)25-12-14-7-5-6-13(10-14)11-20/h2-10H,12H2,1H3. The van der Waals surface area contributed by atoms with E-state index in [0.717, 1.165) is 11.1 Å². The van der Waals surface area contributed by atoms with E-state index in [2.05, 4.69) is 11.1 Å². The van der Waals surface area contributed by atoms with Crippen molar-refractivity contribution in [3.63, 3.8) is 0 Å². The maximum Gasteiger partial charge on any atom is 0.361 e. The van der Waals surface area contributed by atoms with Gasteiger partial charge in [-0.1, -0.05) is 42.1 Å². The van der Waals surface area contributed by atoms with Gasteiger partial charge in [-0.25, -0.2) is 9.78 Å². The Morgan fingerprint density at radius 1 is 1.24 bits per heavy atom. The molecule has 1 heterocycles. The zero-order chi connectivity index (χ0) is 17.6. The van der Waals surface area contributed by atoms with Crippen molar-refractivity contribution in [1.82, 2.24) is 4.98 Å². The van der Waals surface area contributed by atoms with Crippen LogP contribution in [0.5, 0.6) is 0 Å². The number of aromatic nitrogens is 1. The number of hydrogen-bond acceptors (Lipinski definition) is 6. The zero-order valence-corrected chi connectivity index (χ0v) is 14.2. The van der Waals surface area contributed by atoms with Crippen LogP contribution in [0.25, 0.3) is 11.5 Å². The van der Waals surface area contributed by atoms with Crippen molar-refractivity contribution >= 4 is 17.7 Å². The summed E-state index contributed by atoms with van der Waals surface area (Å²) < 4.78 is 10.6. The van der Waals surface area contributed by atoms with E-state index in [4.69, 9.17) is 14.4 Å². The highest BCUT2D eigenvalue weighted by Gasteiger charge is 2.22. The summed E-state index contributed by atoms with van der Waals surface area (Å²) in [4.78, 5) is 16.3. The van der Waals surface area contributed by atoms with Crippen LogP contribution in [0, 0.1) is 11.3 Å². The molecule has 0 radical (unpaired) electrons. The molecule has 0 spiro atoms. The Labute approximate surface area is 149 Å². The molecule has 0 aliphatic heterocycles. The van der Waals surface area contributed by atoms with Gasteiger partial charge in [-0.05, 0) is 29.8 Å². The van der Waals surface area contributed by atoms with Gasteiger partial charge in [-0.15, -0.1) is 0 Å². The topological polar surface area (TPSA) is 76.1 Å². The largest absolute Gasteiger partial charge is 0.464 e. The van der Waals surface area contributed by atoms with Crippen LogP contribution in [0.15, 0.2) is 64.1 Å². The summed E-state index contributed by atoms with van der Waals surface area (Å²) in [5, 5.41) is 9.38. The van der Waals surface area contributed by atoms with Crippen LogP contribution in [0.2, 0.25) is 0 Å². The molecular weight excluding hydrogens is 336 g/mol. The van der Waals surface area contributed by atoms with Crippen LogP contribution in [0.4, 0.5) is 0 Å². The molecule has 0 saturated heterocycles. The molecule has 0 aliphatic carbocycles. The molecule has 0 bridgehead atoms. The number of benzene rings is 2. The third-order valence-electron chi connectivity index (χ3n) is 3.42. The maximum atomic E-state index is 12.0. The lowest BCUT2D eigenvalue weighted by Gasteiger charge is -2.01. The minimum atomic E-state index is -0.542. The van der Waals surface area contributed by atoms with E-state index in [1.165, 1.54) is 18.9 Å². The molecular formula is C19H14N2O3S. The highest BCUT2D eigenvalue weighted by atomic mass is 32.2. The molecule has 3 aromatic rings. The average Bonchev–Trinajstić information content (AvgIpc) is 3.11. The third-order valence-corrected chi connectivity index (χ3v) is 4.44. The van der Waals surface area contributed by atoms with Gasteiger partial charge in [0.2, 0.25) is 11.6 Å². The van der Waals surface area contributed by atoms with Crippen molar-refractivity contribution in [2.45, 2.75) is 10.8 Å². The van der Waals surface area contributed by atoms with Gasteiger partial charge < -0.3 is 9.15 Å². The van der Waals surface area contributed by atoms with Crippen LogP contribution >= 0.6 is 11.8 Å². The van der Waals surface area contributed by atoms with E-state index >= 15 is 0 Å². The van der Waals surface area contributed by atoms with Crippen molar-refractivity contribution in [2.24, 2.45) is 0 Å². The summed E-state index contributed by atoms with van der Waals surface area (Å²) >= 11 is 1.34. The van der Waals surface area contributed by atoms with E-state index < -0.39 is 5.97 Å². The zero-order valence-electron chi connectivity index (χ0n) is 13.4. The molecule has 1 aromatic heterocycles. The smallest absolute Gasteiger partial charge is 0.361 e. The number of esters is 1. The molecule has 25 heavy (non-hydrogen) atoms. The van der Waals surface area contributed by atoms with Gasteiger partial charge in [0.1, 0.15) is 0 Å². The molecule has 3 rings (SSSR count). The van der Waals surface area contributed by atoms with Gasteiger partial charge >= 0.3 is 5.97 Å². The summed E-state index contributed by atoms with van der Waals surface area (Å²) in [6, 6.07) is 18.8. The normalized spacial score (nSPS) is 10.2. The first kappa shape index (κ1) is 16.8. The van der Waals surface area contributed by atoms with E-state index in [1.807, 2.05) is 42.5 Å². The van der Waals surface area contributed by atoms with E-state index in [1.54, 1.807) is 12.1 Å². The quantitative estimate of drug-likeness (QED) is 0.504. The lowest BCUT2D eigenvalue weighted by atomic mass is 10.2. The second kappa shape index (κ2) is 7.69. The Bertz CT molecular complexity index is 929. The molecule has 2 aromatic carbocycles. The lowest BCUT2D eigenvalue weighted by molar-refractivity contribution is 0.0588. The van der Waals surface area contributed by atoms with E-state index in [0.29, 0.717) is 22.3 Å². The Morgan fingerprint density at radius 3 is 2.76 bits per heavy atom. The first-order valence-electron chi connectivity index (χ1n) is 7.47. The second-order valence-electron chi connectivity index (χ2n) is 5.11. The average molecular weight is 350 g/mol. The molecule has 5 nitrogen and oxygen atoms in total. The third kappa shape index (κ3) is 3.90. The van der Waals surface area contributed by atoms with Crippen LogP contribution in [0.3, 0.4) is 0 Å². The molecule has 124 valence electrons. The van der Waals surface area contributed by atoms with Crippen LogP contribution in [0.1, 0.15) is 21.6 Å². The molecule has 0 unspecified atom stereocenters. The molecule has 0 saturated carbocycles. The summed E-state index contributed by atoms with van der Waals surface area (Å²) in [5.41, 5.74) is 2.49. The maximum absolute atomic E-state index is 12.0. The van der Waals surface area contributed by atoms with Crippen LogP contribution in [-0.4, -0.2) is 18.1 Å². The number of methoxy groups -OCH3 is 1. The molecule has 0 fully saturated rings. The number of carbonyl (C=O) groups excluding carboxylic acids is 1. The summed E-state index contributed by atoms with van der Waals surface area (Å²) in [6.07, 6.45) is 0. The van der Waals surface area contributed by atoms with Crippen molar-refractivity contribution in [3.8, 4) is 17.5 Å². The highest BCUT2D eigenvalue weighted by Crippen LogP contribution is 2.31. The SMILES string of the molecule is COC(=O)c1nc(-c2ccccc2)oc1SCc1cccc(C#N)c1. The van der Waals surface area contributed by atoms with Crippen molar-refractivity contribution < 1.29 is 13.9 Å². The van der Waals surface area contributed by atoms with Crippen molar-refractivity contribution in [3.05, 3.63) is 71.4 Å². The monoisotopic (exact) mass is 350 g/mol. The van der Waals surface area contributed by atoms with E-state index in [-0.39, 0.29) is 5.69 Å². The molecule has 0 atom stereocenters. The molecule has 6 heteroatoms. The molecule has 0 amide bonds. The Kier molecular flexibility index (Phi) is 5.17. The molecule has 0 N–H and O–H groups in total. The molecule has 0 aliphatic rings. The predicted molar refractivity (Wildman–Crippen MR) is 94.0 cm³/mol. The van der Waals surface area contributed by atoms with E-state index in [9.17, 15) is 4.79 Å². The number of rotatable bonds is 5. The van der Waals surface area contributed by atoms with Gasteiger partial charge in [-0.3, -0.25) is 0 Å². The fourth-order valence-electron chi connectivity index (χ4n) is 2.21. The highest BCUT2D eigenvalue weighted by molar-refractivity contribution is 7.98. The number of nitriles is 1. The Balaban J connectivity index is 1.87. The van der Waals surface area contributed by atoms with Crippen molar-refractivity contribution in [2.75, 3.05) is 7.11 Å². The fourth-order valence-corrected chi connectivity index (χ4v) is 3.09.